The largest absolute Gasteiger partial charge is 0.484 e. The third kappa shape index (κ3) is 4.76. The van der Waals surface area contributed by atoms with Gasteiger partial charge in [-0.05, 0) is 49.2 Å². The van der Waals surface area contributed by atoms with Crippen molar-refractivity contribution in [3.63, 3.8) is 0 Å². The molecule has 0 unspecified atom stereocenters. The summed E-state index contributed by atoms with van der Waals surface area (Å²) in [4.78, 5) is 12.1. The number of ether oxygens (including phenoxy) is 2. The van der Waals surface area contributed by atoms with Gasteiger partial charge in [0.15, 0.2) is 6.61 Å². The zero-order valence-electron chi connectivity index (χ0n) is 14.6. The molecule has 0 spiro atoms. The standard InChI is InChI=1S/C21H22N2O3/c22-16-21(13-5-2-6-14-21)23-20(24)15-25-17-9-11-19(12-10-17)26-18-7-3-1-4-8-18/h1,3-4,7-12H,2,5-6,13-15H2,(H,23,24). The quantitative estimate of drug-likeness (QED) is 0.847. The molecule has 2 aromatic rings. The van der Waals surface area contributed by atoms with Crippen LogP contribution < -0.4 is 14.8 Å². The Bertz CT molecular complexity index is 760. The topological polar surface area (TPSA) is 71.4 Å². The van der Waals surface area contributed by atoms with Gasteiger partial charge in [-0.2, -0.15) is 5.26 Å². The molecule has 0 aromatic heterocycles. The van der Waals surface area contributed by atoms with Crippen LogP contribution in [0.15, 0.2) is 54.6 Å². The highest BCUT2D eigenvalue weighted by molar-refractivity contribution is 5.78. The van der Waals surface area contributed by atoms with Gasteiger partial charge in [-0.3, -0.25) is 4.79 Å². The Balaban J connectivity index is 1.50. The highest BCUT2D eigenvalue weighted by atomic mass is 16.5. The van der Waals surface area contributed by atoms with Gasteiger partial charge >= 0.3 is 0 Å². The molecule has 0 atom stereocenters. The van der Waals surface area contributed by atoms with Gasteiger partial charge in [0.1, 0.15) is 22.8 Å². The van der Waals surface area contributed by atoms with Gasteiger partial charge < -0.3 is 14.8 Å². The molecule has 134 valence electrons. The van der Waals surface area contributed by atoms with Crippen molar-refractivity contribution in [1.82, 2.24) is 5.32 Å². The Kier molecular flexibility index (Phi) is 5.75. The molecule has 5 heteroatoms. The first-order valence-corrected chi connectivity index (χ1v) is 8.87. The third-order valence-electron chi connectivity index (χ3n) is 4.47. The maximum Gasteiger partial charge on any atom is 0.259 e. The highest BCUT2D eigenvalue weighted by Gasteiger charge is 2.33. The summed E-state index contributed by atoms with van der Waals surface area (Å²) in [5.41, 5.74) is -0.730. The van der Waals surface area contributed by atoms with Crippen LogP contribution in [0.2, 0.25) is 0 Å². The average molecular weight is 350 g/mol. The van der Waals surface area contributed by atoms with Crippen LogP contribution in [0.1, 0.15) is 32.1 Å². The number of para-hydroxylation sites is 1. The molecule has 0 saturated heterocycles. The first kappa shape index (κ1) is 17.8. The smallest absolute Gasteiger partial charge is 0.259 e. The van der Waals surface area contributed by atoms with Gasteiger partial charge in [0.05, 0.1) is 6.07 Å². The van der Waals surface area contributed by atoms with E-state index in [9.17, 15) is 10.1 Å². The van der Waals surface area contributed by atoms with Crippen molar-refractivity contribution in [3.05, 3.63) is 54.6 Å². The normalized spacial score (nSPS) is 15.5. The lowest BCUT2D eigenvalue weighted by Crippen LogP contribution is -2.50. The molecule has 1 amide bonds. The first-order chi connectivity index (χ1) is 12.7. The van der Waals surface area contributed by atoms with Crippen LogP contribution >= 0.6 is 0 Å². The minimum Gasteiger partial charge on any atom is -0.484 e. The monoisotopic (exact) mass is 350 g/mol. The van der Waals surface area contributed by atoms with E-state index in [-0.39, 0.29) is 12.5 Å². The van der Waals surface area contributed by atoms with Crippen molar-refractivity contribution in [2.45, 2.75) is 37.6 Å². The second-order valence-corrected chi connectivity index (χ2v) is 6.48. The lowest BCUT2D eigenvalue weighted by Gasteiger charge is -2.31. The number of nitriles is 1. The van der Waals surface area contributed by atoms with Crippen LogP contribution in [-0.2, 0) is 4.79 Å². The van der Waals surface area contributed by atoms with Crippen molar-refractivity contribution in [3.8, 4) is 23.3 Å². The number of hydrogen-bond donors (Lipinski definition) is 1. The summed E-state index contributed by atoms with van der Waals surface area (Å²) in [5, 5.41) is 12.3. The summed E-state index contributed by atoms with van der Waals surface area (Å²) in [6, 6.07) is 18.9. The van der Waals surface area contributed by atoms with Crippen LogP contribution in [0.5, 0.6) is 17.2 Å². The fourth-order valence-electron chi connectivity index (χ4n) is 3.10. The maximum absolute atomic E-state index is 12.1. The van der Waals surface area contributed by atoms with Crippen molar-refractivity contribution >= 4 is 5.91 Å². The van der Waals surface area contributed by atoms with E-state index >= 15 is 0 Å². The number of nitrogens with one attached hydrogen (secondary N) is 1. The molecule has 26 heavy (non-hydrogen) atoms. The molecule has 1 saturated carbocycles. The van der Waals surface area contributed by atoms with Gasteiger partial charge in [0.25, 0.3) is 5.91 Å². The number of amides is 1. The summed E-state index contributed by atoms with van der Waals surface area (Å²) in [6.45, 7) is -0.109. The van der Waals surface area contributed by atoms with E-state index in [2.05, 4.69) is 11.4 Å². The van der Waals surface area contributed by atoms with Crippen molar-refractivity contribution < 1.29 is 14.3 Å². The van der Waals surface area contributed by atoms with Crippen molar-refractivity contribution in [2.75, 3.05) is 6.61 Å². The van der Waals surface area contributed by atoms with E-state index in [4.69, 9.17) is 9.47 Å². The number of carbonyl (C=O) groups is 1. The molecular weight excluding hydrogens is 328 g/mol. The van der Waals surface area contributed by atoms with Crippen LogP contribution in [0, 0.1) is 11.3 Å². The second kappa shape index (κ2) is 8.39. The Morgan fingerprint density at radius 2 is 1.58 bits per heavy atom. The molecule has 5 nitrogen and oxygen atoms in total. The van der Waals surface area contributed by atoms with E-state index in [1.807, 2.05) is 30.3 Å². The first-order valence-electron chi connectivity index (χ1n) is 8.87. The highest BCUT2D eigenvalue weighted by Crippen LogP contribution is 2.27. The predicted molar refractivity (Wildman–Crippen MR) is 98.0 cm³/mol. The fourth-order valence-corrected chi connectivity index (χ4v) is 3.10. The molecule has 0 radical (unpaired) electrons. The summed E-state index contributed by atoms with van der Waals surface area (Å²) in [6.07, 6.45) is 4.48. The SMILES string of the molecule is N#CC1(NC(=O)COc2ccc(Oc3ccccc3)cc2)CCCCC1. The van der Waals surface area contributed by atoms with Gasteiger partial charge in [0, 0.05) is 0 Å². The molecule has 3 rings (SSSR count). The van der Waals surface area contributed by atoms with Gasteiger partial charge in [-0.1, -0.05) is 37.5 Å². The lowest BCUT2D eigenvalue weighted by molar-refractivity contribution is -0.124. The molecule has 0 aliphatic heterocycles. The molecule has 1 N–H and O–H groups in total. The molecule has 1 aliphatic carbocycles. The zero-order valence-corrected chi connectivity index (χ0v) is 14.6. The zero-order chi connectivity index (χ0) is 18.2. The Hall–Kier alpha value is -3.00. The van der Waals surface area contributed by atoms with E-state index in [0.29, 0.717) is 24.3 Å². The lowest BCUT2D eigenvalue weighted by atomic mass is 9.83. The Morgan fingerprint density at radius 3 is 2.23 bits per heavy atom. The van der Waals surface area contributed by atoms with Crippen LogP contribution in [0.25, 0.3) is 0 Å². The molecular formula is C21H22N2O3. The number of rotatable bonds is 6. The Morgan fingerprint density at radius 1 is 0.962 bits per heavy atom. The van der Waals surface area contributed by atoms with Crippen LogP contribution in [0.3, 0.4) is 0 Å². The molecule has 2 aromatic carbocycles. The summed E-state index contributed by atoms with van der Waals surface area (Å²) < 4.78 is 11.2. The van der Waals surface area contributed by atoms with Gasteiger partial charge in [0.2, 0.25) is 0 Å². The van der Waals surface area contributed by atoms with Crippen LogP contribution in [-0.4, -0.2) is 18.1 Å². The summed E-state index contributed by atoms with van der Waals surface area (Å²) >= 11 is 0. The number of hydrogen-bond acceptors (Lipinski definition) is 4. The summed E-state index contributed by atoms with van der Waals surface area (Å²) in [5.74, 6) is 1.77. The average Bonchev–Trinajstić information content (AvgIpc) is 2.69. The second-order valence-electron chi connectivity index (χ2n) is 6.48. The minimum absolute atomic E-state index is 0.109. The molecule has 0 bridgehead atoms. The van der Waals surface area contributed by atoms with E-state index in [1.165, 1.54) is 0 Å². The number of nitrogens with zero attached hydrogens (tertiary/aromatic N) is 1. The van der Waals surface area contributed by atoms with Crippen LogP contribution in [0.4, 0.5) is 0 Å². The van der Waals surface area contributed by atoms with Gasteiger partial charge in [-0.25, -0.2) is 0 Å². The number of carbonyl (C=O) groups excluding carboxylic acids is 1. The molecule has 1 aliphatic rings. The van der Waals surface area contributed by atoms with Crippen molar-refractivity contribution in [2.24, 2.45) is 0 Å². The third-order valence-corrected chi connectivity index (χ3v) is 4.47. The number of benzene rings is 2. The van der Waals surface area contributed by atoms with E-state index < -0.39 is 5.54 Å². The van der Waals surface area contributed by atoms with Gasteiger partial charge in [-0.15, -0.1) is 0 Å². The van der Waals surface area contributed by atoms with E-state index in [0.717, 1.165) is 25.0 Å². The van der Waals surface area contributed by atoms with Crippen molar-refractivity contribution in [1.29, 1.82) is 5.26 Å². The molecule has 0 heterocycles. The van der Waals surface area contributed by atoms with E-state index in [1.54, 1.807) is 24.3 Å². The maximum atomic E-state index is 12.1. The predicted octanol–water partition coefficient (Wildman–Crippen LogP) is 4.20. The fraction of sp³-hybridized carbons (Fsp3) is 0.333. The minimum atomic E-state index is -0.730. The molecule has 1 fully saturated rings. The summed E-state index contributed by atoms with van der Waals surface area (Å²) in [7, 11) is 0. The Labute approximate surface area is 153 Å².